The van der Waals surface area contributed by atoms with Crippen LogP contribution in [0.15, 0.2) is 24.3 Å². The minimum Gasteiger partial charge on any atom is -0.367 e. The standard InChI is InChI=1S/C16H24N2O/c1-2-6-15-14(5-1)7-12-19-16(15)13-17-8-11-18-9-3-4-10-18/h1-2,5-6,16-17H,3-4,7-13H2/p+2/t16-/m1/s1. The zero-order chi connectivity index (χ0) is 12.9. The summed E-state index contributed by atoms with van der Waals surface area (Å²) in [7, 11) is 0. The van der Waals surface area contributed by atoms with Gasteiger partial charge in [0, 0.05) is 12.8 Å². The molecule has 0 amide bonds. The zero-order valence-electron chi connectivity index (χ0n) is 11.7. The van der Waals surface area contributed by atoms with Crippen LogP contribution in [0.25, 0.3) is 0 Å². The Hall–Kier alpha value is -0.900. The predicted molar refractivity (Wildman–Crippen MR) is 75.3 cm³/mol. The first kappa shape index (κ1) is 13.1. The summed E-state index contributed by atoms with van der Waals surface area (Å²) in [6.45, 7) is 7.27. The first-order valence-corrected chi connectivity index (χ1v) is 7.78. The Morgan fingerprint density at radius 3 is 2.95 bits per heavy atom. The fourth-order valence-corrected chi connectivity index (χ4v) is 3.37. The summed E-state index contributed by atoms with van der Waals surface area (Å²) < 4.78 is 5.94. The van der Waals surface area contributed by atoms with Gasteiger partial charge in [-0.3, -0.25) is 0 Å². The lowest BCUT2D eigenvalue weighted by atomic mass is 9.97. The van der Waals surface area contributed by atoms with E-state index in [2.05, 4.69) is 29.6 Å². The molecule has 1 aromatic rings. The summed E-state index contributed by atoms with van der Waals surface area (Å²) in [6, 6.07) is 8.76. The van der Waals surface area contributed by atoms with Crippen LogP contribution >= 0.6 is 0 Å². The van der Waals surface area contributed by atoms with Crippen molar-refractivity contribution < 1.29 is 15.0 Å². The molecule has 1 aromatic carbocycles. The Morgan fingerprint density at radius 1 is 1.21 bits per heavy atom. The van der Waals surface area contributed by atoms with E-state index in [1.165, 1.54) is 50.1 Å². The van der Waals surface area contributed by atoms with Gasteiger partial charge in [0.1, 0.15) is 25.7 Å². The van der Waals surface area contributed by atoms with Crippen LogP contribution in [0.4, 0.5) is 0 Å². The number of hydrogen-bond acceptors (Lipinski definition) is 1. The molecule has 19 heavy (non-hydrogen) atoms. The summed E-state index contributed by atoms with van der Waals surface area (Å²) >= 11 is 0. The maximum atomic E-state index is 5.94. The highest BCUT2D eigenvalue weighted by molar-refractivity contribution is 5.30. The first-order valence-electron chi connectivity index (χ1n) is 7.78. The number of ether oxygens (including phenoxy) is 1. The SMILES string of the molecule is c1ccc2c(c1)CCO[C@@H]2C[NH2+]CC[NH+]1CCCC1. The van der Waals surface area contributed by atoms with Gasteiger partial charge in [-0.15, -0.1) is 0 Å². The Labute approximate surface area is 115 Å². The minimum atomic E-state index is 0.304. The number of quaternary nitrogens is 2. The molecule has 0 aromatic heterocycles. The van der Waals surface area contributed by atoms with E-state index in [9.17, 15) is 0 Å². The van der Waals surface area contributed by atoms with Crippen LogP contribution in [0.2, 0.25) is 0 Å². The van der Waals surface area contributed by atoms with Gasteiger partial charge in [0.05, 0.1) is 19.7 Å². The second-order valence-electron chi connectivity index (χ2n) is 5.83. The number of likely N-dealkylation sites (tertiary alicyclic amines) is 1. The highest BCUT2D eigenvalue weighted by Crippen LogP contribution is 2.25. The van der Waals surface area contributed by atoms with E-state index in [0.717, 1.165) is 19.6 Å². The molecule has 3 N–H and O–H groups in total. The Morgan fingerprint density at radius 2 is 2.05 bits per heavy atom. The maximum absolute atomic E-state index is 5.94. The van der Waals surface area contributed by atoms with Crippen molar-refractivity contribution in [1.29, 1.82) is 0 Å². The van der Waals surface area contributed by atoms with Crippen LogP contribution in [0.5, 0.6) is 0 Å². The molecule has 104 valence electrons. The molecule has 1 saturated heterocycles. The van der Waals surface area contributed by atoms with Gasteiger partial charge in [0.2, 0.25) is 0 Å². The number of rotatable bonds is 5. The quantitative estimate of drug-likeness (QED) is 0.691. The van der Waals surface area contributed by atoms with Crippen LogP contribution in [0.1, 0.15) is 30.1 Å². The van der Waals surface area contributed by atoms with E-state index in [4.69, 9.17) is 4.74 Å². The fraction of sp³-hybridized carbons (Fsp3) is 0.625. The molecular weight excluding hydrogens is 236 g/mol. The number of nitrogens with one attached hydrogen (secondary N) is 1. The Bertz CT molecular complexity index is 401. The van der Waals surface area contributed by atoms with Crippen LogP contribution in [-0.2, 0) is 11.2 Å². The second-order valence-corrected chi connectivity index (χ2v) is 5.83. The highest BCUT2D eigenvalue weighted by atomic mass is 16.5. The number of nitrogens with two attached hydrogens (primary N) is 1. The van der Waals surface area contributed by atoms with Crippen molar-refractivity contribution in [3.63, 3.8) is 0 Å². The molecule has 2 aliphatic rings. The molecule has 2 aliphatic heterocycles. The van der Waals surface area contributed by atoms with Gasteiger partial charge >= 0.3 is 0 Å². The van der Waals surface area contributed by atoms with Crippen molar-refractivity contribution in [2.24, 2.45) is 0 Å². The van der Waals surface area contributed by atoms with Gasteiger partial charge in [0.25, 0.3) is 0 Å². The van der Waals surface area contributed by atoms with Crippen LogP contribution in [0.3, 0.4) is 0 Å². The third-order valence-corrected chi connectivity index (χ3v) is 4.49. The highest BCUT2D eigenvalue weighted by Gasteiger charge is 2.22. The smallest absolute Gasteiger partial charge is 0.131 e. The van der Waals surface area contributed by atoms with E-state index in [-0.39, 0.29) is 0 Å². The molecule has 3 rings (SSSR count). The summed E-state index contributed by atoms with van der Waals surface area (Å²) in [6.07, 6.45) is 4.23. The Balaban J connectivity index is 1.45. The van der Waals surface area contributed by atoms with E-state index in [1.54, 1.807) is 4.90 Å². The molecule has 0 unspecified atom stereocenters. The molecule has 0 aliphatic carbocycles. The van der Waals surface area contributed by atoms with Gasteiger partial charge in [-0.05, 0) is 17.5 Å². The van der Waals surface area contributed by atoms with E-state index in [0.29, 0.717) is 6.10 Å². The molecule has 0 saturated carbocycles. The first-order chi connectivity index (χ1) is 9.43. The summed E-state index contributed by atoms with van der Waals surface area (Å²) in [5.41, 5.74) is 2.90. The minimum absolute atomic E-state index is 0.304. The predicted octanol–water partition coefficient (Wildman–Crippen LogP) is -0.457. The molecular formula is C16H26N2O+2. The largest absolute Gasteiger partial charge is 0.367 e. The van der Waals surface area contributed by atoms with Crippen molar-refractivity contribution in [2.45, 2.75) is 25.4 Å². The van der Waals surface area contributed by atoms with Crippen molar-refractivity contribution in [1.82, 2.24) is 0 Å². The molecule has 1 atom stereocenters. The van der Waals surface area contributed by atoms with E-state index in [1.807, 2.05) is 0 Å². The van der Waals surface area contributed by atoms with Gasteiger partial charge in [-0.2, -0.15) is 0 Å². The lowest BCUT2D eigenvalue weighted by molar-refractivity contribution is -0.901. The monoisotopic (exact) mass is 262 g/mol. The normalized spacial score (nSPS) is 23.5. The molecule has 0 bridgehead atoms. The third kappa shape index (κ3) is 3.35. The lowest BCUT2D eigenvalue weighted by Crippen LogP contribution is -3.13. The fourth-order valence-electron chi connectivity index (χ4n) is 3.37. The molecule has 3 nitrogen and oxygen atoms in total. The average molecular weight is 262 g/mol. The topological polar surface area (TPSA) is 30.3 Å². The van der Waals surface area contributed by atoms with Gasteiger partial charge in [-0.25, -0.2) is 0 Å². The van der Waals surface area contributed by atoms with Gasteiger partial charge in [-0.1, -0.05) is 24.3 Å². The Kier molecular flexibility index (Phi) is 4.49. The summed E-state index contributed by atoms with van der Waals surface area (Å²) in [4.78, 5) is 1.79. The van der Waals surface area contributed by atoms with Crippen molar-refractivity contribution in [3.8, 4) is 0 Å². The van der Waals surface area contributed by atoms with Crippen molar-refractivity contribution in [3.05, 3.63) is 35.4 Å². The maximum Gasteiger partial charge on any atom is 0.131 e. The summed E-state index contributed by atoms with van der Waals surface area (Å²) in [5.74, 6) is 0. The van der Waals surface area contributed by atoms with Crippen molar-refractivity contribution >= 4 is 0 Å². The number of fused-ring (bicyclic) bond motifs is 1. The van der Waals surface area contributed by atoms with Crippen molar-refractivity contribution in [2.75, 3.05) is 39.3 Å². The molecule has 1 fully saturated rings. The average Bonchev–Trinajstić information content (AvgIpc) is 2.97. The van der Waals surface area contributed by atoms with Crippen LogP contribution in [0, 0.1) is 0 Å². The molecule has 2 heterocycles. The number of hydrogen-bond donors (Lipinski definition) is 2. The third-order valence-electron chi connectivity index (χ3n) is 4.49. The zero-order valence-corrected chi connectivity index (χ0v) is 11.7. The molecule has 3 heteroatoms. The molecule has 0 radical (unpaired) electrons. The second kappa shape index (κ2) is 6.51. The van der Waals surface area contributed by atoms with E-state index < -0.39 is 0 Å². The van der Waals surface area contributed by atoms with E-state index >= 15 is 0 Å². The van der Waals surface area contributed by atoms with Crippen LogP contribution in [-0.4, -0.2) is 39.3 Å². The molecule has 0 spiro atoms. The number of benzene rings is 1. The summed E-state index contributed by atoms with van der Waals surface area (Å²) in [5, 5.41) is 2.44. The van der Waals surface area contributed by atoms with Gasteiger partial charge < -0.3 is 15.0 Å². The van der Waals surface area contributed by atoms with Crippen LogP contribution < -0.4 is 10.2 Å². The lowest BCUT2D eigenvalue weighted by Gasteiger charge is -2.24. The van der Waals surface area contributed by atoms with Gasteiger partial charge in [0.15, 0.2) is 0 Å².